The molecule has 0 spiro atoms. The van der Waals surface area contributed by atoms with E-state index in [0.29, 0.717) is 5.41 Å². The second-order valence-corrected chi connectivity index (χ2v) is 5.66. The molecule has 2 nitrogen and oxygen atoms in total. The zero-order valence-corrected chi connectivity index (χ0v) is 9.66. The van der Waals surface area contributed by atoms with Gasteiger partial charge in [-0.1, -0.05) is 19.4 Å². The Labute approximate surface area is 91.6 Å². The summed E-state index contributed by atoms with van der Waals surface area (Å²) in [5.41, 5.74) is 1.99. The Morgan fingerprint density at radius 1 is 1.20 bits per heavy atom. The molecule has 2 atom stereocenters. The minimum Gasteiger partial charge on any atom is -0.347 e. The molecule has 0 radical (unpaired) electrons. The van der Waals surface area contributed by atoms with Crippen molar-refractivity contribution in [1.29, 1.82) is 0 Å². The van der Waals surface area contributed by atoms with Gasteiger partial charge in [0, 0.05) is 0 Å². The van der Waals surface area contributed by atoms with Crippen LogP contribution in [-0.2, 0) is 9.47 Å². The topological polar surface area (TPSA) is 18.5 Å². The van der Waals surface area contributed by atoms with Gasteiger partial charge < -0.3 is 9.47 Å². The average Bonchev–Trinajstić information content (AvgIpc) is 2.87. The SMILES string of the molecule is CC1(C)C(=CC2OCCO2)C2CCC1C2. The van der Waals surface area contributed by atoms with Gasteiger partial charge in [0.25, 0.3) is 0 Å². The minimum atomic E-state index is -0.0568. The first-order valence-corrected chi connectivity index (χ1v) is 6.13. The third-order valence-electron chi connectivity index (χ3n) is 4.60. The smallest absolute Gasteiger partial charge is 0.177 e. The fraction of sp³-hybridized carbons (Fsp3) is 0.846. The van der Waals surface area contributed by atoms with Crippen LogP contribution in [0.1, 0.15) is 33.1 Å². The maximum Gasteiger partial charge on any atom is 0.177 e. The maximum atomic E-state index is 5.52. The molecule has 1 heterocycles. The lowest BCUT2D eigenvalue weighted by atomic mass is 9.72. The molecule has 3 fully saturated rings. The molecule has 2 aliphatic carbocycles. The van der Waals surface area contributed by atoms with Crippen molar-refractivity contribution in [2.24, 2.45) is 17.3 Å². The second kappa shape index (κ2) is 3.33. The van der Waals surface area contributed by atoms with E-state index in [1.54, 1.807) is 5.57 Å². The molecule has 2 unspecified atom stereocenters. The van der Waals surface area contributed by atoms with E-state index in [4.69, 9.17) is 9.47 Å². The number of fused-ring (bicyclic) bond motifs is 2. The molecule has 84 valence electrons. The van der Waals surface area contributed by atoms with Gasteiger partial charge in [-0.25, -0.2) is 0 Å². The zero-order valence-electron chi connectivity index (χ0n) is 9.66. The highest BCUT2D eigenvalue weighted by Gasteiger charge is 2.49. The molecule has 2 heteroatoms. The van der Waals surface area contributed by atoms with Crippen molar-refractivity contribution in [2.45, 2.75) is 39.4 Å². The van der Waals surface area contributed by atoms with Crippen molar-refractivity contribution in [2.75, 3.05) is 13.2 Å². The van der Waals surface area contributed by atoms with Gasteiger partial charge in [0.2, 0.25) is 0 Å². The Bertz CT molecular complexity index is 287. The van der Waals surface area contributed by atoms with Crippen LogP contribution in [0.25, 0.3) is 0 Å². The molecule has 0 N–H and O–H groups in total. The predicted molar refractivity (Wildman–Crippen MR) is 58.4 cm³/mol. The van der Waals surface area contributed by atoms with Crippen LogP contribution in [0.3, 0.4) is 0 Å². The van der Waals surface area contributed by atoms with Gasteiger partial charge in [-0.05, 0) is 42.6 Å². The monoisotopic (exact) mass is 208 g/mol. The van der Waals surface area contributed by atoms with Crippen molar-refractivity contribution in [3.05, 3.63) is 11.6 Å². The lowest BCUT2D eigenvalue weighted by molar-refractivity contribution is -0.00348. The van der Waals surface area contributed by atoms with E-state index in [0.717, 1.165) is 25.0 Å². The lowest BCUT2D eigenvalue weighted by Gasteiger charge is -2.33. The van der Waals surface area contributed by atoms with Gasteiger partial charge in [-0.3, -0.25) is 0 Å². The fourth-order valence-electron chi connectivity index (χ4n) is 3.65. The van der Waals surface area contributed by atoms with Crippen LogP contribution in [0.5, 0.6) is 0 Å². The van der Waals surface area contributed by atoms with Gasteiger partial charge in [-0.2, -0.15) is 0 Å². The van der Waals surface area contributed by atoms with Crippen molar-refractivity contribution < 1.29 is 9.47 Å². The molecule has 1 aliphatic heterocycles. The van der Waals surface area contributed by atoms with Gasteiger partial charge in [0.05, 0.1) is 13.2 Å². The van der Waals surface area contributed by atoms with Crippen LogP contribution < -0.4 is 0 Å². The molecule has 0 aromatic rings. The summed E-state index contributed by atoms with van der Waals surface area (Å²) in [7, 11) is 0. The van der Waals surface area contributed by atoms with E-state index in [-0.39, 0.29) is 6.29 Å². The highest BCUT2D eigenvalue weighted by molar-refractivity contribution is 5.26. The highest BCUT2D eigenvalue weighted by Crippen LogP contribution is 2.59. The van der Waals surface area contributed by atoms with E-state index >= 15 is 0 Å². The van der Waals surface area contributed by atoms with Crippen LogP contribution in [0, 0.1) is 17.3 Å². The summed E-state index contributed by atoms with van der Waals surface area (Å²) in [4.78, 5) is 0. The van der Waals surface area contributed by atoms with Gasteiger partial charge in [-0.15, -0.1) is 0 Å². The number of rotatable bonds is 1. The molecule has 0 amide bonds. The van der Waals surface area contributed by atoms with Crippen molar-refractivity contribution in [1.82, 2.24) is 0 Å². The fourth-order valence-corrected chi connectivity index (χ4v) is 3.65. The summed E-state index contributed by atoms with van der Waals surface area (Å²) in [6.07, 6.45) is 6.40. The second-order valence-electron chi connectivity index (χ2n) is 5.66. The Kier molecular flexibility index (Phi) is 2.18. The molecule has 15 heavy (non-hydrogen) atoms. The first-order chi connectivity index (χ1) is 7.18. The molecule has 1 saturated heterocycles. The summed E-state index contributed by atoms with van der Waals surface area (Å²) in [5, 5.41) is 0. The van der Waals surface area contributed by atoms with Crippen LogP contribution in [-0.4, -0.2) is 19.5 Å². The van der Waals surface area contributed by atoms with Crippen LogP contribution in [0.2, 0.25) is 0 Å². The minimum absolute atomic E-state index is 0.0568. The lowest BCUT2D eigenvalue weighted by Crippen LogP contribution is -2.24. The quantitative estimate of drug-likeness (QED) is 0.617. The van der Waals surface area contributed by atoms with E-state index in [1.807, 2.05) is 0 Å². The summed E-state index contributed by atoms with van der Waals surface area (Å²) in [6.45, 7) is 6.28. The zero-order chi connectivity index (χ0) is 10.5. The molecule has 0 aromatic heterocycles. The van der Waals surface area contributed by atoms with E-state index in [2.05, 4.69) is 19.9 Å². The number of hydrogen-bond donors (Lipinski definition) is 0. The van der Waals surface area contributed by atoms with E-state index < -0.39 is 0 Å². The maximum absolute atomic E-state index is 5.52. The van der Waals surface area contributed by atoms with Gasteiger partial charge >= 0.3 is 0 Å². The number of ether oxygens (including phenoxy) is 2. The Hall–Kier alpha value is -0.340. The van der Waals surface area contributed by atoms with Crippen LogP contribution in [0.4, 0.5) is 0 Å². The van der Waals surface area contributed by atoms with Crippen molar-refractivity contribution in [3.63, 3.8) is 0 Å². The Morgan fingerprint density at radius 2 is 1.93 bits per heavy atom. The average molecular weight is 208 g/mol. The number of hydrogen-bond acceptors (Lipinski definition) is 2. The van der Waals surface area contributed by atoms with Crippen molar-refractivity contribution >= 4 is 0 Å². The molecule has 3 aliphatic rings. The van der Waals surface area contributed by atoms with Crippen LogP contribution in [0.15, 0.2) is 11.6 Å². The molecular formula is C13H20O2. The first-order valence-electron chi connectivity index (χ1n) is 6.13. The van der Waals surface area contributed by atoms with Gasteiger partial charge in [0.1, 0.15) is 0 Å². The third kappa shape index (κ3) is 1.46. The first kappa shape index (κ1) is 9.86. The third-order valence-corrected chi connectivity index (χ3v) is 4.60. The molecule has 2 saturated carbocycles. The number of allylic oxidation sites excluding steroid dienone is 1. The summed E-state index contributed by atoms with van der Waals surface area (Å²) < 4.78 is 11.0. The van der Waals surface area contributed by atoms with E-state index in [9.17, 15) is 0 Å². The van der Waals surface area contributed by atoms with E-state index in [1.165, 1.54) is 19.3 Å². The Morgan fingerprint density at radius 3 is 2.53 bits per heavy atom. The molecular weight excluding hydrogens is 188 g/mol. The summed E-state index contributed by atoms with van der Waals surface area (Å²) in [5.74, 6) is 1.72. The standard InChI is InChI=1S/C13H20O2/c1-13(2)10-4-3-9(7-10)11(13)8-12-14-5-6-15-12/h8-10,12H,3-7H2,1-2H3. The normalized spacial score (nSPS) is 41.9. The predicted octanol–water partition coefficient (Wildman–Crippen LogP) is 2.74. The summed E-state index contributed by atoms with van der Waals surface area (Å²) in [6, 6.07) is 0. The van der Waals surface area contributed by atoms with Crippen molar-refractivity contribution in [3.8, 4) is 0 Å². The Balaban J connectivity index is 1.85. The largest absolute Gasteiger partial charge is 0.347 e. The van der Waals surface area contributed by atoms with Crippen LogP contribution >= 0.6 is 0 Å². The molecule has 2 bridgehead atoms. The summed E-state index contributed by atoms with van der Waals surface area (Å²) >= 11 is 0. The molecule has 3 rings (SSSR count). The molecule has 0 aromatic carbocycles. The van der Waals surface area contributed by atoms with Gasteiger partial charge in [0.15, 0.2) is 6.29 Å². The highest BCUT2D eigenvalue weighted by atomic mass is 16.7.